The van der Waals surface area contributed by atoms with Gasteiger partial charge in [0.25, 0.3) is 0 Å². The number of methoxy groups -OCH3 is 1. The summed E-state index contributed by atoms with van der Waals surface area (Å²) >= 11 is 0. The minimum Gasteiger partial charge on any atom is -0.497 e. The molecule has 0 aliphatic carbocycles. The van der Waals surface area contributed by atoms with Crippen molar-refractivity contribution >= 4 is 0 Å². The summed E-state index contributed by atoms with van der Waals surface area (Å²) < 4.78 is 16.6. The minimum atomic E-state index is -0.417. The third-order valence-electron chi connectivity index (χ3n) is 3.10. The molecule has 0 bridgehead atoms. The fourth-order valence-electron chi connectivity index (χ4n) is 2.08. The Kier molecular flexibility index (Phi) is 3.69. The van der Waals surface area contributed by atoms with Crippen LogP contribution in [0.15, 0.2) is 24.3 Å². The molecule has 0 aromatic heterocycles. The molecule has 2 atom stereocenters. The SMILES string of the molecule is COc1ccc(CCC2(C)OCC(C)O2)cc1. The highest BCUT2D eigenvalue weighted by Crippen LogP contribution is 2.28. The lowest BCUT2D eigenvalue weighted by molar-refractivity contribution is -0.155. The van der Waals surface area contributed by atoms with Gasteiger partial charge in [-0.15, -0.1) is 0 Å². The minimum absolute atomic E-state index is 0.205. The zero-order valence-corrected chi connectivity index (χ0v) is 10.7. The molecule has 0 saturated carbocycles. The number of ether oxygens (including phenoxy) is 3. The number of aryl methyl sites for hydroxylation is 1. The molecule has 1 aromatic carbocycles. The summed E-state index contributed by atoms with van der Waals surface area (Å²) in [6.07, 6.45) is 2.03. The van der Waals surface area contributed by atoms with Crippen molar-refractivity contribution in [2.45, 2.75) is 38.6 Å². The molecule has 1 aliphatic rings. The summed E-state index contributed by atoms with van der Waals surface area (Å²) in [6, 6.07) is 8.13. The van der Waals surface area contributed by atoms with E-state index in [-0.39, 0.29) is 6.10 Å². The zero-order valence-electron chi connectivity index (χ0n) is 10.7. The monoisotopic (exact) mass is 236 g/mol. The molecule has 1 aliphatic heterocycles. The third-order valence-corrected chi connectivity index (χ3v) is 3.10. The molecule has 2 unspecified atom stereocenters. The van der Waals surface area contributed by atoms with Gasteiger partial charge in [-0.3, -0.25) is 0 Å². The second kappa shape index (κ2) is 5.07. The van der Waals surface area contributed by atoms with Crippen LogP contribution in [0.5, 0.6) is 5.75 Å². The molecule has 1 saturated heterocycles. The van der Waals surface area contributed by atoms with Crippen LogP contribution in [0.2, 0.25) is 0 Å². The maximum Gasteiger partial charge on any atom is 0.166 e. The Labute approximate surface area is 103 Å². The Morgan fingerprint density at radius 3 is 2.59 bits per heavy atom. The standard InChI is InChI=1S/C14H20O3/c1-11-10-16-14(2,17-11)9-8-12-4-6-13(15-3)7-5-12/h4-7,11H,8-10H2,1-3H3. The van der Waals surface area contributed by atoms with Crippen molar-refractivity contribution in [2.75, 3.05) is 13.7 Å². The molecule has 3 heteroatoms. The predicted octanol–water partition coefficient (Wildman–Crippen LogP) is 2.78. The van der Waals surface area contributed by atoms with Gasteiger partial charge in [-0.25, -0.2) is 0 Å². The van der Waals surface area contributed by atoms with Crippen LogP contribution in [-0.2, 0) is 15.9 Å². The van der Waals surface area contributed by atoms with E-state index < -0.39 is 5.79 Å². The fourth-order valence-corrected chi connectivity index (χ4v) is 2.08. The first-order valence-electron chi connectivity index (χ1n) is 6.06. The van der Waals surface area contributed by atoms with Crippen molar-refractivity contribution in [3.8, 4) is 5.75 Å². The van der Waals surface area contributed by atoms with Crippen molar-refractivity contribution in [3.63, 3.8) is 0 Å². The molecule has 2 rings (SSSR count). The molecule has 1 fully saturated rings. The Balaban J connectivity index is 1.89. The van der Waals surface area contributed by atoms with Crippen LogP contribution in [0, 0.1) is 0 Å². The molecule has 1 heterocycles. The number of hydrogen-bond acceptors (Lipinski definition) is 3. The Morgan fingerprint density at radius 1 is 1.35 bits per heavy atom. The summed E-state index contributed by atoms with van der Waals surface area (Å²) in [6.45, 7) is 4.75. The first-order chi connectivity index (χ1) is 8.11. The molecule has 0 amide bonds. The van der Waals surface area contributed by atoms with Gasteiger partial charge in [0.15, 0.2) is 5.79 Å². The van der Waals surface area contributed by atoms with Crippen molar-refractivity contribution < 1.29 is 14.2 Å². The summed E-state index contributed by atoms with van der Waals surface area (Å²) in [5.74, 6) is 0.473. The van der Waals surface area contributed by atoms with E-state index in [1.54, 1.807) is 7.11 Å². The largest absolute Gasteiger partial charge is 0.497 e. The van der Waals surface area contributed by atoms with E-state index in [9.17, 15) is 0 Å². The van der Waals surface area contributed by atoms with Gasteiger partial charge in [0.1, 0.15) is 5.75 Å². The lowest BCUT2D eigenvalue weighted by atomic mass is 10.1. The Morgan fingerprint density at radius 2 is 2.06 bits per heavy atom. The Hall–Kier alpha value is -1.06. The van der Waals surface area contributed by atoms with Crippen molar-refractivity contribution in [1.29, 1.82) is 0 Å². The number of hydrogen-bond donors (Lipinski definition) is 0. The number of rotatable bonds is 4. The van der Waals surface area contributed by atoms with Crippen LogP contribution in [0.1, 0.15) is 25.8 Å². The van der Waals surface area contributed by atoms with Gasteiger partial charge in [0.2, 0.25) is 0 Å². The van der Waals surface area contributed by atoms with Crippen LogP contribution in [-0.4, -0.2) is 25.6 Å². The average Bonchev–Trinajstić information content (AvgIpc) is 2.68. The van der Waals surface area contributed by atoms with Crippen molar-refractivity contribution in [3.05, 3.63) is 29.8 Å². The summed E-state index contributed by atoms with van der Waals surface area (Å²) in [5.41, 5.74) is 1.28. The van der Waals surface area contributed by atoms with E-state index in [1.165, 1.54) is 5.56 Å². The van der Waals surface area contributed by atoms with Gasteiger partial charge in [0, 0.05) is 6.42 Å². The van der Waals surface area contributed by atoms with E-state index in [4.69, 9.17) is 14.2 Å². The van der Waals surface area contributed by atoms with E-state index >= 15 is 0 Å². The van der Waals surface area contributed by atoms with Gasteiger partial charge in [-0.2, -0.15) is 0 Å². The van der Waals surface area contributed by atoms with E-state index in [1.807, 2.05) is 26.0 Å². The van der Waals surface area contributed by atoms with Crippen molar-refractivity contribution in [2.24, 2.45) is 0 Å². The molecular formula is C14H20O3. The van der Waals surface area contributed by atoms with Crippen molar-refractivity contribution in [1.82, 2.24) is 0 Å². The van der Waals surface area contributed by atoms with Gasteiger partial charge in [0.05, 0.1) is 19.8 Å². The fraction of sp³-hybridized carbons (Fsp3) is 0.571. The van der Waals surface area contributed by atoms with E-state index in [0.717, 1.165) is 18.6 Å². The molecule has 1 aromatic rings. The lowest BCUT2D eigenvalue weighted by Crippen LogP contribution is -2.26. The molecule has 0 N–H and O–H groups in total. The normalized spacial score (nSPS) is 28.3. The quantitative estimate of drug-likeness (QED) is 0.804. The second-order valence-electron chi connectivity index (χ2n) is 4.72. The van der Waals surface area contributed by atoms with E-state index in [0.29, 0.717) is 6.61 Å². The predicted molar refractivity (Wildman–Crippen MR) is 66.2 cm³/mol. The molecule has 3 nitrogen and oxygen atoms in total. The highest BCUT2D eigenvalue weighted by atomic mass is 16.7. The van der Waals surface area contributed by atoms with Crippen LogP contribution in [0.4, 0.5) is 0 Å². The third kappa shape index (κ3) is 3.20. The van der Waals surface area contributed by atoms with Crippen LogP contribution in [0.25, 0.3) is 0 Å². The van der Waals surface area contributed by atoms with Gasteiger partial charge < -0.3 is 14.2 Å². The maximum atomic E-state index is 5.77. The van der Waals surface area contributed by atoms with Crippen LogP contribution >= 0.6 is 0 Å². The second-order valence-corrected chi connectivity index (χ2v) is 4.72. The van der Waals surface area contributed by atoms with Gasteiger partial charge in [-0.05, 0) is 38.0 Å². The topological polar surface area (TPSA) is 27.7 Å². The van der Waals surface area contributed by atoms with E-state index in [2.05, 4.69) is 12.1 Å². The number of benzene rings is 1. The smallest absolute Gasteiger partial charge is 0.166 e. The Bertz CT molecular complexity index is 360. The molecule has 17 heavy (non-hydrogen) atoms. The maximum absolute atomic E-state index is 5.77. The highest BCUT2D eigenvalue weighted by molar-refractivity contribution is 5.27. The van der Waals surface area contributed by atoms with Gasteiger partial charge >= 0.3 is 0 Å². The molecule has 0 spiro atoms. The van der Waals surface area contributed by atoms with Crippen LogP contribution < -0.4 is 4.74 Å². The van der Waals surface area contributed by atoms with Gasteiger partial charge in [-0.1, -0.05) is 12.1 Å². The molecule has 0 radical (unpaired) electrons. The summed E-state index contributed by atoms with van der Waals surface area (Å²) in [7, 11) is 1.68. The summed E-state index contributed by atoms with van der Waals surface area (Å²) in [5, 5.41) is 0. The zero-order chi connectivity index (χ0) is 12.3. The molecule has 94 valence electrons. The van der Waals surface area contributed by atoms with Crippen LogP contribution in [0.3, 0.4) is 0 Å². The lowest BCUT2D eigenvalue weighted by Gasteiger charge is -2.22. The first-order valence-corrected chi connectivity index (χ1v) is 6.06. The first kappa shape index (κ1) is 12.4. The average molecular weight is 236 g/mol. The molecular weight excluding hydrogens is 216 g/mol. The summed E-state index contributed by atoms with van der Waals surface area (Å²) in [4.78, 5) is 0. The highest BCUT2D eigenvalue weighted by Gasteiger charge is 2.34.